The number of anilines is 1. The monoisotopic (exact) mass is 187 g/mol. The second-order valence-corrected chi connectivity index (χ2v) is 4.18. The average Bonchev–Trinajstić information content (AvgIpc) is 2.14. The molecule has 0 N–H and O–H groups in total. The van der Waals surface area contributed by atoms with Crippen molar-refractivity contribution in [3.05, 3.63) is 40.6 Å². The molecular formula is C13H17N. The first-order valence-corrected chi connectivity index (χ1v) is 5.10. The fraction of sp³-hybridized carbons (Fsp3) is 0.385. The predicted octanol–water partition coefficient (Wildman–Crippen LogP) is 3.28. The molecule has 0 aliphatic carbocycles. The van der Waals surface area contributed by atoms with Gasteiger partial charge < -0.3 is 4.90 Å². The molecule has 0 saturated carbocycles. The molecule has 0 amide bonds. The number of hydrogen-bond donors (Lipinski definition) is 0. The highest BCUT2D eigenvalue weighted by Gasteiger charge is 2.18. The standard InChI is InChI=1S/C13H17N/c1-9-6-5-7-12-8-10(2)11(3)14(4)13(9)12/h5-7H,8H2,1-4H3. The molecule has 1 aliphatic rings. The highest BCUT2D eigenvalue weighted by Crippen LogP contribution is 2.33. The molecule has 2 rings (SSSR count). The van der Waals surface area contributed by atoms with E-state index in [1.165, 1.54) is 28.1 Å². The second kappa shape index (κ2) is 3.16. The maximum Gasteiger partial charge on any atom is 0.0471 e. The van der Waals surface area contributed by atoms with Gasteiger partial charge in [0.05, 0.1) is 0 Å². The van der Waals surface area contributed by atoms with Crippen LogP contribution in [0.5, 0.6) is 0 Å². The van der Waals surface area contributed by atoms with Crippen LogP contribution in [0, 0.1) is 6.92 Å². The molecule has 0 unspecified atom stereocenters. The third kappa shape index (κ3) is 1.24. The van der Waals surface area contributed by atoms with Crippen molar-refractivity contribution in [1.82, 2.24) is 0 Å². The number of allylic oxidation sites excluding steroid dienone is 2. The molecule has 1 aromatic rings. The lowest BCUT2D eigenvalue weighted by Crippen LogP contribution is -2.22. The average molecular weight is 187 g/mol. The molecule has 14 heavy (non-hydrogen) atoms. The third-order valence-corrected chi connectivity index (χ3v) is 3.23. The van der Waals surface area contributed by atoms with Crippen molar-refractivity contribution in [2.24, 2.45) is 0 Å². The summed E-state index contributed by atoms with van der Waals surface area (Å²) in [6, 6.07) is 6.56. The molecule has 0 saturated heterocycles. The zero-order chi connectivity index (χ0) is 10.3. The molecule has 0 spiro atoms. The Balaban J connectivity index is 2.59. The molecule has 0 radical (unpaired) electrons. The second-order valence-electron chi connectivity index (χ2n) is 4.18. The first-order chi connectivity index (χ1) is 6.61. The summed E-state index contributed by atoms with van der Waals surface area (Å²) < 4.78 is 0. The fourth-order valence-corrected chi connectivity index (χ4v) is 2.21. The van der Waals surface area contributed by atoms with Crippen LogP contribution in [0.25, 0.3) is 0 Å². The number of rotatable bonds is 0. The third-order valence-electron chi connectivity index (χ3n) is 3.23. The molecule has 1 heterocycles. The Hall–Kier alpha value is -1.24. The Morgan fingerprint density at radius 1 is 1.14 bits per heavy atom. The largest absolute Gasteiger partial charge is 0.348 e. The van der Waals surface area contributed by atoms with Crippen molar-refractivity contribution in [2.75, 3.05) is 11.9 Å². The van der Waals surface area contributed by atoms with Gasteiger partial charge in [-0.2, -0.15) is 0 Å². The molecule has 1 aliphatic heterocycles. The first-order valence-electron chi connectivity index (χ1n) is 5.10. The van der Waals surface area contributed by atoms with Crippen LogP contribution in [0.1, 0.15) is 25.0 Å². The Bertz CT molecular complexity index is 402. The fourth-order valence-electron chi connectivity index (χ4n) is 2.21. The van der Waals surface area contributed by atoms with E-state index in [4.69, 9.17) is 0 Å². The Kier molecular flexibility index (Phi) is 2.10. The van der Waals surface area contributed by atoms with E-state index in [1.54, 1.807) is 0 Å². The summed E-state index contributed by atoms with van der Waals surface area (Å²) in [7, 11) is 2.16. The van der Waals surface area contributed by atoms with E-state index in [0.717, 1.165) is 6.42 Å². The van der Waals surface area contributed by atoms with E-state index in [0.29, 0.717) is 0 Å². The Labute approximate surface area is 86.1 Å². The molecule has 1 heteroatoms. The normalized spacial score (nSPS) is 15.9. The van der Waals surface area contributed by atoms with Crippen LogP contribution in [-0.4, -0.2) is 7.05 Å². The van der Waals surface area contributed by atoms with Gasteiger partial charge in [-0.05, 0) is 43.9 Å². The summed E-state index contributed by atoms with van der Waals surface area (Å²) in [5.74, 6) is 0. The van der Waals surface area contributed by atoms with Gasteiger partial charge in [-0.15, -0.1) is 0 Å². The minimum atomic E-state index is 1.10. The van der Waals surface area contributed by atoms with Gasteiger partial charge in [0.2, 0.25) is 0 Å². The summed E-state index contributed by atoms with van der Waals surface area (Å²) in [4.78, 5) is 2.31. The molecule has 1 aromatic carbocycles. The Morgan fingerprint density at radius 2 is 1.86 bits per heavy atom. The number of hydrogen-bond acceptors (Lipinski definition) is 1. The van der Waals surface area contributed by atoms with Crippen LogP contribution in [0.3, 0.4) is 0 Å². The van der Waals surface area contributed by atoms with E-state index in [9.17, 15) is 0 Å². The lowest BCUT2D eigenvalue weighted by atomic mass is 9.95. The molecule has 74 valence electrons. The quantitative estimate of drug-likeness (QED) is 0.602. The van der Waals surface area contributed by atoms with Crippen molar-refractivity contribution in [1.29, 1.82) is 0 Å². The summed E-state index contributed by atoms with van der Waals surface area (Å²) in [5.41, 5.74) is 7.10. The summed E-state index contributed by atoms with van der Waals surface area (Å²) >= 11 is 0. The van der Waals surface area contributed by atoms with Crippen LogP contribution in [0.2, 0.25) is 0 Å². The highest BCUT2D eigenvalue weighted by atomic mass is 15.1. The molecular weight excluding hydrogens is 170 g/mol. The van der Waals surface area contributed by atoms with Crippen LogP contribution in [-0.2, 0) is 6.42 Å². The van der Waals surface area contributed by atoms with Crippen LogP contribution in [0.4, 0.5) is 5.69 Å². The minimum Gasteiger partial charge on any atom is -0.348 e. The minimum absolute atomic E-state index is 1.10. The van der Waals surface area contributed by atoms with Gasteiger partial charge in [-0.1, -0.05) is 18.2 Å². The molecule has 1 nitrogen and oxygen atoms in total. The maximum atomic E-state index is 2.31. The molecule has 0 fully saturated rings. The zero-order valence-corrected chi connectivity index (χ0v) is 9.39. The lowest BCUT2D eigenvalue weighted by molar-refractivity contribution is 0.942. The van der Waals surface area contributed by atoms with Crippen molar-refractivity contribution < 1.29 is 0 Å². The first kappa shape index (κ1) is 9.32. The summed E-state index contributed by atoms with van der Waals surface area (Å²) in [5, 5.41) is 0. The zero-order valence-electron chi connectivity index (χ0n) is 9.39. The predicted molar refractivity (Wildman–Crippen MR) is 61.7 cm³/mol. The van der Waals surface area contributed by atoms with Gasteiger partial charge in [0.1, 0.15) is 0 Å². The van der Waals surface area contributed by atoms with E-state index in [1.807, 2.05) is 0 Å². The molecule has 0 aromatic heterocycles. The van der Waals surface area contributed by atoms with Crippen LogP contribution in [0.15, 0.2) is 29.5 Å². The van der Waals surface area contributed by atoms with Crippen LogP contribution < -0.4 is 4.90 Å². The van der Waals surface area contributed by atoms with Crippen molar-refractivity contribution in [3.8, 4) is 0 Å². The lowest BCUT2D eigenvalue weighted by Gasteiger charge is -2.31. The van der Waals surface area contributed by atoms with Gasteiger partial charge in [0.15, 0.2) is 0 Å². The van der Waals surface area contributed by atoms with Crippen LogP contribution >= 0.6 is 0 Å². The SMILES string of the molecule is CC1=C(C)N(C)c2c(C)cccc2C1. The molecule has 0 bridgehead atoms. The van der Waals surface area contributed by atoms with E-state index < -0.39 is 0 Å². The van der Waals surface area contributed by atoms with Gasteiger partial charge in [-0.3, -0.25) is 0 Å². The number of fused-ring (bicyclic) bond motifs is 1. The van der Waals surface area contributed by atoms with Gasteiger partial charge in [-0.25, -0.2) is 0 Å². The van der Waals surface area contributed by atoms with Crippen molar-refractivity contribution in [2.45, 2.75) is 27.2 Å². The Morgan fingerprint density at radius 3 is 2.57 bits per heavy atom. The summed E-state index contributed by atoms with van der Waals surface area (Å²) in [6.45, 7) is 6.60. The number of nitrogens with zero attached hydrogens (tertiary/aromatic N) is 1. The van der Waals surface area contributed by atoms with Crippen molar-refractivity contribution >= 4 is 5.69 Å². The highest BCUT2D eigenvalue weighted by molar-refractivity contribution is 5.65. The topological polar surface area (TPSA) is 3.24 Å². The number of aryl methyl sites for hydroxylation is 1. The maximum absolute atomic E-state index is 2.31. The van der Waals surface area contributed by atoms with Gasteiger partial charge >= 0.3 is 0 Å². The number of para-hydroxylation sites is 1. The smallest absolute Gasteiger partial charge is 0.0471 e. The van der Waals surface area contributed by atoms with E-state index in [2.05, 4.69) is 50.9 Å². The van der Waals surface area contributed by atoms with Crippen molar-refractivity contribution in [3.63, 3.8) is 0 Å². The number of benzene rings is 1. The van der Waals surface area contributed by atoms with Gasteiger partial charge in [0, 0.05) is 18.4 Å². The molecule has 0 atom stereocenters. The van der Waals surface area contributed by atoms with Gasteiger partial charge in [0.25, 0.3) is 0 Å². The van der Waals surface area contributed by atoms with E-state index >= 15 is 0 Å². The van der Waals surface area contributed by atoms with E-state index in [-0.39, 0.29) is 0 Å². The summed E-state index contributed by atoms with van der Waals surface area (Å²) in [6.07, 6.45) is 1.10.